The molecule has 60 valence electrons. The molecule has 0 amide bonds. The maximum Gasteiger partial charge on any atom is 0.0692 e. The van der Waals surface area contributed by atoms with Crippen LogP contribution in [0.2, 0.25) is 0 Å². The summed E-state index contributed by atoms with van der Waals surface area (Å²) in [4.78, 5) is -0.0988. The van der Waals surface area contributed by atoms with Crippen LogP contribution in [0.4, 0.5) is 0 Å². The zero-order valence-corrected chi connectivity index (χ0v) is 7.70. The van der Waals surface area contributed by atoms with Crippen LogP contribution in [-0.4, -0.2) is 4.87 Å². The molecule has 0 aliphatic heterocycles. The lowest BCUT2D eigenvalue weighted by Gasteiger charge is -2.23. The van der Waals surface area contributed by atoms with Crippen LogP contribution in [0.25, 0.3) is 0 Å². The number of halogens is 2. The van der Waals surface area contributed by atoms with E-state index in [0.717, 1.165) is 11.5 Å². The second kappa shape index (κ2) is 2.53. The van der Waals surface area contributed by atoms with E-state index in [1.54, 1.807) is 0 Å². The lowest BCUT2D eigenvalue weighted by Crippen LogP contribution is -2.21. The van der Waals surface area contributed by atoms with E-state index in [4.69, 9.17) is 23.2 Å². The minimum Gasteiger partial charge on any atom is -0.114 e. The fraction of sp³-hybridized carbons (Fsp3) is 0.556. The van der Waals surface area contributed by atoms with Gasteiger partial charge in [-0.15, -0.1) is 11.6 Å². The molecule has 0 radical (unpaired) electrons. The largest absolute Gasteiger partial charge is 0.114 e. The summed E-state index contributed by atoms with van der Waals surface area (Å²) in [7, 11) is 0. The normalized spacial score (nSPS) is 37.1. The average molecular weight is 189 g/mol. The summed E-state index contributed by atoms with van der Waals surface area (Å²) in [6, 6.07) is 0. The molecule has 0 aromatic heterocycles. The number of hydrogen-bond acceptors (Lipinski definition) is 0. The molecule has 0 bridgehead atoms. The maximum atomic E-state index is 6.35. The summed E-state index contributed by atoms with van der Waals surface area (Å²) in [6.07, 6.45) is 9.42. The van der Waals surface area contributed by atoms with Crippen LogP contribution in [0.15, 0.2) is 23.3 Å². The topological polar surface area (TPSA) is 0 Å². The van der Waals surface area contributed by atoms with Gasteiger partial charge in [0.15, 0.2) is 0 Å². The van der Waals surface area contributed by atoms with Crippen LogP contribution in [0.5, 0.6) is 0 Å². The first kappa shape index (κ1) is 7.70. The third-order valence-corrected chi connectivity index (χ3v) is 3.25. The molecule has 0 heterocycles. The minimum atomic E-state index is -0.0988. The molecule has 0 nitrogen and oxygen atoms in total. The maximum absolute atomic E-state index is 6.35. The van der Waals surface area contributed by atoms with E-state index in [2.05, 4.69) is 6.08 Å². The molecular formula is C9H10Cl2. The molecule has 1 unspecified atom stereocenters. The van der Waals surface area contributed by atoms with E-state index >= 15 is 0 Å². The molecule has 0 spiro atoms. The zero-order valence-electron chi connectivity index (χ0n) is 6.19. The molecular weight excluding hydrogens is 179 g/mol. The van der Waals surface area contributed by atoms with Gasteiger partial charge < -0.3 is 0 Å². The molecule has 2 heteroatoms. The Kier molecular flexibility index (Phi) is 1.77. The molecule has 2 rings (SSSR count). The van der Waals surface area contributed by atoms with Crippen molar-refractivity contribution in [1.29, 1.82) is 0 Å². The summed E-state index contributed by atoms with van der Waals surface area (Å²) in [5.74, 6) is 0.696. The van der Waals surface area contributed by atoms with Crippen LogP contribution in [0.1, 0.15) is 19.3 Å². The number of hydrogen-bond donors (Lipinski definition) is 0. The van der Waals surface area contributed by atoms with Gasteiger partial charge in [0.1, 0.15) is 0 Å². The Labute approximate surface area is 76.9 Å². The highest BCUT2D eigenvalue weighted by Crippen LogP contribution is 2.48. The lowest BCUT2D eigenvalue weighted by molar-refractivity contribution is 0.613. The van der Waals surface area contributed by atoms with Gasteiger partial charge in [-0.05, 0) is 31.3 Å². The zero-order chi connectivity index (χ0) is 7.90. The molecule has 1 fully saturated rings. The van der Waals surface area contributed by atoms with Crippen molar-refractivity contribution in [2.45, 2.75) is 24.1 Å². The molecule has 0 N–H and O–H groups in total. The highest BCUT2D eigenvalue weighted by molar-refractivity contribution is 6.32. The fourth-order valence-corrected chi connectivity index (χ4v) is 1.97. The molecule has 1 saturated carbocycles. The van der Waals surface area contributed by atoms with Crippen molar-refractivity contribution in [3.63, 3.8) is 0 Å². The predicted molar refractivity (Wildman–Crippen MR) is 49.0 cm³/mol. The summed E-state index contributed by atoms with van der Waals surface area (Å²) in [6.45, 7) is 0. The minimum absolute atomic E-state index is 0.0988. The summed E-state index contributed by atoms with van der Waals surface area (Å²) < 4.78 is 0. The van der Waals surface area contributed by atoms with Crippen molar-refractivity contribution in [2.24, 2.45) is 5.92 Å². The summed E-state index contributed by atoms with van der Waals surface area (Å²) in [5.41, 5.74) is 0. The molecule has 0 aromatic carbocycles. The van der Waals surface area contributed by atoms with Crippen molar-refractivity contribution >= 4 is 23.2 Å². The highest BCUT2D eigenvalue weighted by atomic mass is 35.5. The molecule has 11 heavy (non-hydrogen) atoms. The van der Waals surface area contributed by atoms with Crippen molar-refractivity contribution in [3.05, 3.63) is 23.3 Å². The third kappa shape index (κ3) is 1.47. The Morgan fingerprint density at radius 1 is 1.45 bits per heavy atom. The van der Waals surface area contributed by atoms with E-state index in [1.807, 2.05) is 12.2 Å². The van der Waals surface area contributed by atoms with Crippen molar-refractivity contribution in [1.82, 2.24) is 0 Å². The second-order valence-electron chi connectivity index (χ2n) is 3.33. The lowest BCUT2D eigenvalue weighted by atomic mass is 9.95. The van der Waals surface area contributed by atoms with E-state index in [1.165, 1.54) is 12.8 Å². The summed E-state index contributed by atoms with van der Waals surface area (Å²) >= 11 is 12.1. The number of rotatable bonds is 1. The van der Waals surface area contributed by atoms with Gasteiger partial charge in [0.25, 0.3) is 0 Å². The van der Waals surface area contributed by atoms with Crippen LogP contribution in [0.3, 0.4) is 0 Å². The van der Waals surface area contributed by atoms with Gasteiger partial charge in [0.05, 0.1) is 4.87 Å². The van der Waals surface area contributed by atoms with Gasteiger partial charge in [-0.3, -0.25) is 0 Å². The molecule has 2 aliphatic rings. The smallest absolute Gasteiger partial charge is 0.0692 e. The van der Waals surface area contributed by atoms with E-state index < -0.39 is 0 Å². The van der Waals surface area contributed by atoms with Crippen LogP contribution in [0, 0.1) is 5.92 Å². The molecule has 1 atom stereocenters. The van der Waals surface area contributed by atoms with Gasteiger partial charge in [-0.1, -0.05) is 23.8 Å². The van der Waals surface area contributed by atoms with Gasteiger partial charge >= 0.3 is 0 Å². The first-order valence-corrected chi connectivity index (χ1v) is 4.70. The summed E-state index contributed by atoms with van der Waals surface area (Å²) in [5, 5.41) is 0.821. The molecule has 0 saturated heterocycles. The van der Waals surface area contributed by atoms with Crippen LogP contribution >= 0.6 is 23.2 Å². The Morgan fingerprint density at radius 2 is 2.18 bits per heavy atom. The van der Waals surface area contributed by atoms with E-state index in [0.29, 0.717) is 5.92 Å². The van der Waals surface area contributed by atoms with Crippen molar-refractivity contribution in [3.8, 4) is 0 Å². The second-order valence-corrected chi connectivity index (χ2v) is 4.47. The highest BCUT2D eigenvalue weighted by Gasteiger charge is 2.41. The van der Waals surface area contributed by atoms with Crippen LogP contribution in [-0.2, 0) is 0 Å². The van der Waals surface area contributed by atoms with Crippen molar-refractivity contribution in [2.75, 3.05) is 0 Å². The predicted octanol–water partition coefficient (Wildman–Crippen LogP) is 3.46. The average Bonchev–Trinajstić information content (AvgIpc) is 2.77. The third-order valence-electron chi connectivity index (χ3n) is 2.39. The van der Waals surface area contributed by atoms with Crippen molar-refractivity contribution < 1.29 is 0 Å². The van der Waals surface area contributed by atoms with E-state index in [9.17, 15) is 0 Å². The fourth-order valence-electron chi connectivity index (χ4n) is 1.47. The monoisotopic (exact) mass is 188 g/mol. The Morgan fingerprint density at radius 3 is 2.64 bits per heavy atom. The first-order valence-electron chi connectivity index (χ1n) is 3.94. The van der Waals surface area contributed by atoms with Gasteiger partial charge in [0.2, 0.25) is 0 Å². The molecule has 2 aliphatic carbocycles. The number of allylic oxidation sites excluding steroid dienone is 4. The number of alkyl halides is 1. The Bertz CT molecular complexity index is 226. The van der Waals surface area contributed by atoms with Crippen LogP contribution < -0.4 is 0 Å². The Hall–Kier alpha value is 0.0600. The van der Waals surface area contributed by atoms with Gasteiger partial charge in [-0.25, -0.2) is 0 Å². The SMILES string of the molecule is ClC1=CCC(Cl)(C2CC2)C=C1. The van der Waals surface area contributed by atoms with Gasteiger partial charge in [0, 0.05) is 5.03 Å². The standard InChI is InChI=1S/C9H10Cl2/c10-8-3-5-9(11,6-4-8)7-1-2-7/h3-5,7H,1-2,6H2. The molecule has 0 aromatic rings. The van der Waals surface area contributed by atoms with E-state index in [-0.39, 0.29) is 4.87 Å². The van der Waals surface area contributed by atoms with Gasteiger partial charge in [-0.2, -0.15) is 0 Å². The Balaban J connectivity index is 2.13. The first-order chi connectivity index (χ1) is 5.21. The quantitative estimate of drug-likeness (QED) is 0.554.